The minimum Gasteiger partial charge on any atom is -0.326 e. The zero-order chi connectivity index (χ0) is 11.0. The molecule has 2 nitrogen and oxygen atoms in total. The summed E-state index contributed by atoms with van der Waals surface area (Å²) in [6.07, 6.45) is 3.67. The number of rotatable bonds is 2. The highest BCUT2D eigenvalue weighted by molar-refractivity contribution is 7.39. The van der Waals surface area contributed by atoms with Gasteiger partial charge in [0.1, 0.15) is 0 Å². The molecule has 0 aromatic carbocycles. The van der Waals surface area contributed by atoms with Crippen LogP contribution in [0.5, 0.6) is 0 Å². The van der Waals surface area contributed by atoms with Crippen molar-refractivity contribution in [2.24, 2.45) is 5.73 Å². The Morgan fingerprint density at radius 2 is 2.25 bits per heavy atom. The molecule has 0 amide bonds. The Balaban J connectivity index is 2.18. The number of thiophene rings is 2. The highest BCUT2D eigenvalue weighted by atomic mass is 32.2. The lowest BCUT2D eigenvalue weighted by molar-refractivity contribution is 1.05. The van der Waals surface area contributed by atoms with E-state index in [0.29, 0.717) is 6.54 Å². The fourth-order valence-corrected chi connectivity index (χ4v) is 3.90. The van der Waals surface area contributed by atoms with Gasteiger partial charge in [0.25, 0.3) is 0 Å². The van der Waals surface area contributed by atoms with Crippen LogP contribution in [0.2, 0.25) is 0 Å². The summed E-state index contributed by atoms with van der Waals surface area (Å²) in [6.45, 7) is 0.536. The third kappa shape index (κ3) is 1.55. The highest BCUT2D eigenvalue weighted by Gasteiger charge is 2.08. The molecule has 0 radical (unpaired) electrons. The predicted octanol–water partition coefficient (Wildman–Crippen LogP) is 3.48. The van der Waals surface area contributed by atoms with Gasteiger partial charge in [-0.15, -0.1) is 22.7 Å². The van der Waals surface area contributed by atoms with Crippen molar-refractivity contribution in [2.45, 2.75) is 6.54 Å². The molecule has 3 aromatic heterocycles. The minimum absolute atomic E-state index is 0.536. The Morgan fingerprint density at radius 3 is 3.06 bits per heavy atom. The molecule has 0 bridgehead atoms. The van der Waals surface area contributed by atoms with Crippen molar-refractivity contribution in [1.82, 2.24) is 4.98 Å². The molecule has 3 rings (SSSR count). The molecule has 3 heterocycles. The summed E-state index contributed by atoms with van der Waals surface area (Å²) in [4.78, 5) is 5.39. The Kier molecular flexibility index (Phi) is 2.47. The summed E-state index contributed by atoms with van der Waals surface area (Å²) < 4.78 is 1.37. The number of fused-ring (bicyclic) bond motifs is 1. The van der Waals surface area contributed by atoms with Gasteiger partial charge in [0.15, 0.2) is 0 Å². The average Bonchev–Trinajstić information content (AvgIpc) is 2.89. The van der Waals surface area contributed by atoms with Gasteiger partial charge in [0.2, 0.25) is 0 Å². The van der Waals surface area contributed by atoms with Crippen LogP contribution in [0.15, 0.2) is 36.0 Å². The molecule has 16 heavy (non-hydrogen) atoms. The summed E-state index contributed by atoms with van der Waals surface area (Å²) in [6, 6.07) is 6.42. The number of nitrogens with two attached hydrogens (primary N) is 1. The van der Waals surface area contributed by atoms with Crippen molar-refractivity contribution in [3.63, 3.8) is 0 Å². The maximum absolute atomic E-state index is 5.72. The van der Waals surface area contributed by atoms with E-state index in [1.165, 1.54) is 19.8 Å². The summed E-state index contributed by atoms with van der Waals surface area (Å²) in [7, 11) is 0. The topological polar surface area (TPSA) is 38.9 Å². The monoisotopic (exact) mass is 246 g/mol. The largest absolute Gasteiger partial charge is 0.326 e. The van der Waals surface area contributed by atoms with Crippen LogP contribution >= 0.6 is 22.7 Å². The molecule has 0 saturated heterocycles. The van der Waals surface area contributed by atoms with Crippen LogP contribution in [-0.4, -0.2) is 4.98 Å². The van der Waals surface area contributed by atoms with Crippen molar-refractivity contribution in [3.8, 4) is 10.4 Å². The molecule has 0 aliphatic heterocycles. The van der Waals surface area contributed by atoms with Gasteiger partial charge >= 0.3 is 0 Å². The molecule has 0 atom stereocenters. The smallest absolute Gasteiger partial charge is 0.0871 e. The molecule has 4 heteroatoms. The van der Waals surface area contributed by atoms with Crippen molar-refractivity contribution >= 4 is 32.1 Å². The van der Waals surface area contributed by atoms with Crippen molar-refractivity contribution < 1.29 is 0 Å². The third-order valence-electron chi connectivity index (χ3n) is 2.54. The number of nitrogens with zero attached hydrogens (tertiary/aromatic N) is 1. The first-order valence-corrected chi connectivity index (χ1v) is 6.68. The second-order valence-corrected chi connectivity index (χ2v) is 5.74. The first-order valence-electron chi connectivity index (χ1n) is 4.99. The summed E-state index contributed by atoms with van der Waals surface area (Å²) in [5.41, 5.74) is 8.05. The standard InChI is InChI=1S/C12H10N2S2/c13-6-9-7-14-3-1-10(9)11-5-8-2-4-15-12(8)16-11/h1-5,7H,6,13H2. The zero-order valence-corrected chi connectivity index (χ0v) is 10.1. The normalized spacial score (nSPS) is 11.1. The molecule has 2 N–H and O–H groups in total. The number of hydrogen-bond donors (Lipinski definition) is 1. The lowest BCUT2D eigenvalue weighted by Gasteiger charge is -2.03. The van der Waals surface area contributed by atoms with Gasteiger partial charge < -0.3 is 5.73 Å². The van der Waals surface area contributed by atoms with E-state index >= 15 is 0 Å². The fourth-order valence-electron chi connectivity index (χ4n) is 1.73. The SMILES string of the molecule is NCc1cnccc1-c1cc2ccsc2s1. The second-order valence-electron chi connectivity index (χ2n) is 3.51. The van der Waals surface area contributed by atoms with Gasteiger partial charge in [-0.05, 0) is 34.7 Å². The van der Waals surface area contributed by atoms with Crippen LogP contribution in [0.4, 0.5) is 0 Å². The van der Waals surface area contributed by atoms with Crippen molar-refractivity contribution in [1.29, 1.82) is 0 Å². The van der Waals surface area contributed by atoms with Crippen LogP contribution < -0.4 is 5.73 Å². The van der Waals surface area contributed by atoms with E-state index in [-0.39, 0.29) is 0 Å². The van der Waals surface area contributed by atoms with E-state index < -0.39 is 0 Å². The molecule has 0 fully saturated rings. The molecule has 0 spiro atoms. The lowest BCUT2D eigenvalue weighted by atomic mass is 10.1. The third-order valence-corrected chi connectivity index (χ3v) is 4.78. The van der Waals surface area contributed by atoms with Crippen molar-refractivity contribution in [2.75, 3.05) is 0 Å². The Bertz CT molecular complexity index is 596. The van der Waals surface area contributed by atoms with Gasteiger partial charge in [-0.1, -0.05) is 0 Å². The van der Waals surface area contributed by atoms with E-state index in [2.05, 4.69) is 22.5 Å². The Labute approximate surface area is 101 Å². The Morgan fingerprint density at radius 1 is 1.31 bits per heavy atom. The van der Waals surface area contributed by atoms with Crippen LogP contribution in [0.3, 0.4) is 0 Å². The van der Waals surface area contributed by atoms with Gasteiger partial charge in [0.05, 0.1) is 4.01 Å². The predicted molar refractivity (Wildman–Crippen MR) is 70.8 cm³/mol. The van der Waals surface area contributed by atoms with E-state index in [1.807, 2.05) is 29.8 Å². The average molecular weight is 246 g/mol. The Hall–Kier alpha value is -1.23. The maximum atomic E-state index is 5.72. The lowest BCUT2D eigenvalue weighted by Crippen LogP contribution is -1.98. The molecular formula is C12H10N2S2. The molecule has 0 aliphatic rings. The molecule has 0 aliphatic carbocycles. The van der Waals surface area contributed by atoms with E-state index in [1.54, 1.807) is 11.3 Å². The second kappa shape index (κ2) is 3.97. The molecule has 3 aromatic rings. The van der Waals surface area contributed by atoms with E-state index in [4.69, 9.17) is 5.73 Å². The zero-order valence-electron chi connectivity index (χ0n) is 8.51. The fraction of sp³-hybridized carbons (Fsp3) is 0.0833. The first-order chi connectivity index (χ1) is 7.88. The van der Waals surface area contributed by atoms with Crippen molar-refractivity contribution in [3.05, 3.63) is 41.5 Å². The number of aromatic nitrogens is 1. The van der Waals surface area contributed by atoms with E-state index in [9.17, 15) is 0 Å². The quantitative estimate of drug-likeness (QED) is 0.751. The minimum atomic E-state index is 0.536. The summed E-state index contributed by atoms with van der Waals surface area (Å²) in [5, 5.41) is 3.45. The van der Waals surface area contributed by atoms with Gasteiger partial charge in [-0.25, -0.2) is 0 Å². The van der Waals surface area contributed by atoms with E-state index in [0.717, 1.165) is 5.56 Å². The molecular weight excluding hydrogens is 236 g/mol. The first kappa shape index (κ1) is 9.96. The van der Waals surface area contributed by atoms with Crippen LogP contribution in [-0.2, 0) is 6.54 Å². The molecule has 0 saturated carbocycles. The number of pyridine rings is 1. The highest BCUT2D eigenvalue weighted by Crippen LogP contribution is 2.37. The maximum Gasteiger partial charge on any atom is 0.0871 e. The summed E-state index contributed by atoms with van der Waals surface area (Å²) in [5.74, 6) is 0. The van der Waals surface area contributed by atoms with Crippen LogP contribution in [0.1, 0.15) is 5.56 Å². The van der Waals surface area contributed by atoms with Crippen LogP contribution in [0, 0.1) is 0 Å². The van der Waals surface area contributed by atoms with Gasteiger partial charge in [-0.3, -0.25) is 4.98 Å². The summed E-state index contributed by atoms with van der Waals surface area (Å²) >= 11 is 3.61. The van der Waals surface area contributed by atoms with Gasteiger partial charge in [-0.2, -0.15) is 0 Å². The molecule has 80 valence electrons. The number of hydrogen-bond acceptors (Lipinski definition) is 4. The van der Waals surface area contributed by atoms with Crippen LogP contribution in [0.25, 0.3) is 19.8 Å². The van der Waals surface area contributed by atoms with Gasteiger partial charge in [0, 0.05) is 29.2 Å². The molecule has 0 unspecified atom stereocenters.